The van der Waals surface area contributed by atoms with Gasteiger partial charge >= 0.3 is 0 Å². The lowest BCUT2D eigenvalue weighted by Crippen LogP contribution is -2.44. The van der Waals surface area contributed by atoms with Gasteiger partial charge in [0.2, 0.25) is 0 Å². The standard InChI is InChI=1S/C20H28O/c1-12-10-14-11-15(21)5-6-16(14)17-8-9-20(3)13(2)4-7-18(20)19(12)17/h5-6,11-13,17-19,21H,4,7-10H2,1-3H3/t12?,13-,17?,18?,19?,20+/m0/s1. The summed E-state index contributed by atoms with van der Waals surface area (Å²) in [6.07, 6.45) is 6.78. The molecule has 1 heteroatoms. The SMILES string of the molecule is CC1Cc2cc(O)ccc2C2CC[C@@]3(C)C(CC[C@@H]3C)C12. The van der Waals surface area contributed by atoms with Crippen LogP contribution >= 0.6 is 0 Å². The molecular formula is C20H28O. The molecule has 0 aliphatic heterocycles. The van der Waals surface area contributed by atoms with Gasteiger partial charge in [0.15, 0.2) is 0 Å². The number of fused-ring (bicyclic) bond motifs is 5. The van der Waals surface area contributed by atoms with Crippen LogP contribution < -0.4 is 0 Å². The molecule has 1 aromatic rings. The predicted molar refractivity (Wildman–Crippen MR) is 86.4 cm³/mol. The Bertz CT molecular complexity index is 563. The average Bonchev–Trinajstić information content (AvgIpc) is 2.74. The second kappa shape index (κ2) is 4.51. The molecule has 4 unspecified atom stereocenters. The molecule has 0 heterocycles. The number of phenolic OH excluding ortho intramolecular Hbond substituents is 1. The third-order valence-electron chi connectivity index (χ3n) is 7.53. The Kier molecular flexibility index (Phi) is 2.93. The Hall–Kier alpha value is -0.980. The van der Waals surface area contributed by atoms with E-state index in [4.69, 9.17) is 0 Å². The zero-order chi connectivity index (χ0) is 14.8. The molecule has 114 valence electrons. The van der Waals surface area contributed by atoms with Gasteiger partial charge in [0.05, 0.1) is 0 Å². The van der Waals surface area contributed by atoms with Crippen molar-refractivity contribution in [2.45, 2.75) is 58.8 Å². The van der Waals surface area contributed by atoms with Crippen LogP contribution in [0.15, 0.2) is 18.2 Å². The number of hydrogen-bond donors (Lipinski definition) is 1. The first-order valence-electron chi connectivity index (χ1n) is 8.82. The quantitative estimate of drug-likeness (QED) is 0.700. The minimum absolute atomic E-state index is 0.439. The van der Waals surface area contributed by atoms with Crippen LogP contribution in [0, 0.1) is 29.1 Å². The van der Waals surface area contributed by atoms with Gasteiger partial charge in [-0.15, -0.1) is 0 Å². The molecular weight excluding hydrogens is 256 g/mol. The molecule has 2 saturated carbocycles. The number of aromatic hydroxyl groups is 1. The highest BCUT2D eigenvalue weighted by atomic mass is 16.3. The van der Waals surface area contributed by atoms with Crippen LogP contribution in [0.3, 0.4) is 0 Å². The minimum atomic E-state index is 0.439. The molecule has 6 atom stereocenters. The van der Waals surface area contributed by atoms with Gasteiger partial charge in [0, 0.05) is 0 Å². The summed E-state index contributed by atoms with van der Waals surface area (Å²) in [5.74, 6) is 4.63. The maximum absolute atomic E-state index is 9.80. The molecule has 0 saturated heterocycles. The first-order chi connectivity index (χ1) is 10.0. The lowest BCUT2D eigenvalue weighted by Gasteiger charge is -2.53. The molecule has 0 spiro atoms. The van der Waals surface area contributed by atoms with Gasteiger partial charge in [-0.05, 0) is 90.4 Å². The van der Waals surface area contributed by atoms with E-state index in [2.05, 4.69) is 26.8 Å². The molecule has 1 nitrogen and oxygen atoms in total. The van der Waals surface area contributed by atoms with Crippen LogP contribution in [0.5, 0.6) is 5.75 Å². The normalized spacial score (nSPS) is 44.8. The highest BCUT2D eigenvalue weighted by molar-refractivity contribution is 5.40. The first kappa shape index (κ1) is 13.7. The Balaban J connectivity index is 1.76. The zero-order valence-electron chi connectivity index (χ0n) is 13.6. The van der Waals surface area contributed by atoms with Crippen LogP contribution in [-0.4, -0.2) is 5.11 Å². The van der Waals surface area contributed by atoms with Crippen molar-refractivity contribution in [2.24, 2.45) is 29.1 Å². The maximum Gasteiger partial charge on any atom is 0.115 e. The Morgan fingerprint density at radius 1 is 1.14 bits per heavy atom. The van der Waals surface area contributed by atoms with E-state index in [0.29, 0.717) is 11.2 Å². The van der Waals surface area contributed by atoms with Crippen molar-refractivity contribution in [2.75, 3.05) is 0 Å². The maximum atomic E-state index is 9.80. The van der Waals surface area contributed by atoms with Crippen molar-refractivity contribution in [3.05, 3.63) is 29.3 Å². The summed E-state index contributed by atoms with van der Waals surface area (Å²) in [6.45, 7) is 7.52. The smallest absolute Gasteiger partial charge is 0.115 e. The van der Waals surface area contributed by atoms with Gasteiger partial charge in [-0.2, -0.15) is 0 Å². The van der Waals surface area contributed by atoms with Gasteiger partial charge < -0.3 is 5.11 Å². The van der Waals surface area contributed by atoms with E-state index in [-0.39, 0.29) is 0 Å². The van der Waals surface area contributed by atoms with Crippen molar-refractivity contribution >= 4 is 0 Å². The van der Waals surface area contributed by atoms with E-state index in [9.17, 15) is 5.11 Å². The van der Waals surface area contributed by atoms with Gasteiger partial charge in [-0.25, -0.2) is 0 Å². The molecule has 3 aliphatic rings. The minimum Gasteiger partial charge on any atom is -0.508 e. The van der Waals surface area contributed by atoms with Crippen LogP contribution in [0.2, 0.25) is 0 Å². The third-order valence-corrected chi connectivity index (χ3v) is 7.53. The number of rotatable bonds is 0. The van der Waals surface area contributed by atoms with Gasteiger partial charge in [-0.3, -0.25) is 0 Å². The second-order valence-electron chi connectivity index (χ2n) is 8.38. The van der Waals surface area contributed by atoms with Crippen LogP contribution in [0.4, 0.5) is 0 Å². The van der Waals surface area contributed by atoms with E-state index in [1.807, 2.05) is 12.1 Å². The summed E-state index contributed by atoms with van der Waals surface area (Å²) in [6, 6.07) is 6.14. The fourth-order valence-electron chi connectivity index (χ4n) is 6.23. The Morgan fingerprint density at radius 2 is 1.95 bits per heavy atom. The average molecular weight is 284 g/mol. The van der Waals surface area contributed by atoms with Crippen LogP contribution in [-0.2, 0) is 6.42 Å². The van der Waals surface area contributed by atoms with Crippen molar-refractivity contribution in [1.82, 2.24) is 0 Å². The molecule has 0 bridgehead atoms. The molecule has 0 radical (unpaired) electrons. The van der Waals surface area contributed by atoms with Crippen LogP contribution in [0.25, 0.3) is 0 Å². The van der Waals surface area contributed by atoms with E-state index >= 15 is 0 Å². The molecule has 21 heavy (non-hydrogen) atoms. The van der Waals surface area contributed by atoms with E-state index in [1.165, 1.54) is 31.2 Å². The molecule has 1 aromatic carbocycles. The lowest BCUT2D eigenvalue weighted by molar-refractivity contribution is 0.00998. The van der Waals surface area contributed by atoms with E-state index in [1.54, 1.807) is 5.56 Å². The zero-order valence-corrected chi connectivity index (χ0v) is 13.6. The molecule has 0 amide bonds. The summed E-state index contributed by atoms with van der Waals surface area (Å²) in [5, 5.41) is 9.80. The monoisotopic (exact) mass is 284 g/mol. The van der Waals surface area contributed by atoms with Gasteiger partial charge in [0.1, 0.15) is 5.75 Å². The van der Waals surface area contributed by atoms with Crippen LogP contribution in [0.1, 0.15) is 63.5 Å². The molecule has 4 rings (SSSR count). The van der Waals surface area contributed by atoms with Gasteiger partial charge in [-0.1, -0.05) is 26.8 Å². The van der Waals surface area contributed by atoms with Crippen molar-refractivity contribution in [3.8, 4) is 5.75 Å². The summed E-state index contributed by atoms with van der Waals surface area (Å²) in [5.41, 5.74) is 3.56. The fraction of sp³-hybridized carbons (Fsp3) is 0.700. The number of hydrogen-bond acceptors (Lipinski definition) is 1. The topological polar surface area (TPSA) is 20.2 Å². The predicted octanol–water partition coefficient (Wildman–Crippen LogP) is 5.13. The first-order valence-corrected chi connectivity index (χ1v) is 8.82. The largest absolute Gasteiger partial charge is 0.508 e. The molecule has 3 aliphatic carbocycles. The third kappa shape index (κ3) is 1.82. The van der Waals surface area contributed by atoms with Crippen molar-refractivity contribution < 1.29 is 5.11 Å². The summed E-state index contributed by atoms with van der Waals surface area (Å²) < 4.78 is 0. The van der Waals surface area contributed by atoms with E-state index < -0.39 is 0 Å². The van der Waals surface area contributed by atoms with Crippen molar-refractivity contribution in [1.29, 1.82) is 0 Å². The molecule has 1 N–H and O–H groups in total. The highest BCUT2D eigenvalue weighted by Crippen LogP contribution is 2.63. The summed E-state index contributed by atoms with van der Waals surface area (Å²) in [7, 11) is 0. The van der Waals surface area contributed by atoms with Gasteiger partial charge in [0.25, 0.3) is 0 Å². The lowest BCUT2D eigenvalue weighted by atomic mass is 9.52. The van der Waals surface area contributed by atoms with Crippen molar-refractivity contribution in [3.63, 3.8) is 0 Å². The van der Waals surface area contributed by atoms with E-state index in [0.717, 1.165) is 36.0 Å². The molecule has 0 aromatic heterocycles. The highest BCUT2D eigenvalue weighted by Gasteiger charge is 2.54. The second-order valence-corrected chi connectivity index (χ2v) is 8.38. The summed E-state index contributed by atoms with van der Waals surface area (Å²) >= 11 is 0. The number of phenols is 1. The Labute approximate surface area is 128 Å². The summed E-state index contributed by atoms with van der Waals surface area (Å²) in [4.78, 5) is 0. The Morgan fingerprint density at radius 3 is 2.76 bits per heavy atom. The fourth-order valence-corrected chi connectivity index (χ4v) is 6.23. The molecule has 2 fully saturated rings. The number of benzene rings is 1.